The zero-order valence-corrected chi connectivity index (χ0v) is 30.7. The number of nitrogens with zero attached hydrogens (tertiary/aromatic N) is 3. The standard InChI is InChI=1S/C33H49N5O5S.C2HF3O2/c1-7-22(4)29(36-31(40)27-15-11-12-18-37(27)5)32(41)38(6)26(21(2)3)16-17-28-34-25(20-44-28)30(39)35-24(33(42)43)19-23-13-9-8-10-14-23;3-2(4,5)1(6)7/h8-10,13-14,20-22,24,26-27,29H,7,11-12,15-19H2,1-6H3,(H,35,39)(H,36,40)(H,42,43);(H,6,7)/t22-,24-,26+,27+,29-;/m0./s1. The molecule has 3 amide bonds. The summed E-state index contributed by atoms with van der Waals surface area (Å²) in [6.45, 7) is 9.05. The molecule has 4 N–H and O–H groups in total. The number of likely N-dealkylation sites (tertiary alicyclic amines) is 1. The van der Waals surface area contributed by atoms with Gasteiger partial charge in [-0.1, -0.05) is 70.9 Å². The number of amides is 3. The molecule has 1 aliphatic rings. The van der Waals surface area contributed by atoms with Crippen molar-refractivity contribution in [1.82, 2.24) is 25.4 Å². The molecule has 12 nitrogen and oxygen atoms in total. The van der Waals surface area contributed by atoms with Crippen LogP contribution in [0.25, 0.3) is 0 Å². The number of thiazole rings is 1. The Labute approximate surface area is 300 Å². The number of hydrogen-bond acceptors (Lipinski definition) is 8. The third-order valence-corrected chi connectivity index (χ3v) is 9.94. The summed E-state index contributed by atoms with van der Waals surface area (Å²) in [6, 6.07) is 7.16. The van der Waals surface area contributed by atoms with E-state index in [4.69, 9.17) is 9.90 Å². The molecule has 16 heteroatoms. The molecule has 0 spiro atoms. The fourth-order valence-electron chi connectivity index (χ4n) is 5.78. The molecular weight excluding hydrogens is 691 g/mol. The summed E-state index contributed by atoms with van der Waals surface area (Å²) in [5.41, 5.74) is 0.996. The van der Waals surface area contributed by atoms with Crippen LogP contribution in [0.2, 0.25) is 0 Å². The number of rotatable bonds is 15. The Hall–Kier alpha value is -4.05. The molecule has 284 valence electrons. The van der Waals surface area contributed by atoms with Gasteiger partial charge in [-0.05, 0) is 50.3 Å². The van der Waals surface area contributed by atoms with Crippen molar-refractivity contribution in [3.05, 3.63) is 52.0 Å². The quantitative estimate of drug-likeness (QED) is 0.203. The predicted molar refractivity (Wildman–Crippen MR) is 186 cm³/mol. The molecule has 2 aromatic rings. The second kappa shape index (κ2) is 20.1. The third kappa shape index (κ3) is 13.5. The van der Waals surface area contributed by atoms with Crippen molar-refractivity contribution < 1.29 is 47.4 Å². The summed E-state index contributed by atoms with van der Waals surface area (Å²) in [5, 5.41) is 24.9. The van der Waals surface area contributed by atoms with Crippen LogP contribution >= 0.6 is 11.3 Å². The summed E-state index contributed by atoms with van der Waals surface area (Å²) < 4.78 is 31.7. The predicted octanol–water partition coefficient (Wildman–Crippen LogP) is 4.63. The second-order valence-electron chi connectivity index (χ2n) is 13.1. The van der Waals surface area contributed by atoms with Crippen molar-refractivity contribution in [1.29, 1.82) is 0 Å². The van der Waals surface area contributed by atoms with Crippen molar-refractivity contribution in [3.8, 4) is 0 Å². The molecule has 51 heavy (non-hydrogen) atoms. The van der Waals surface area contributed by atoms with Crippen LogP contribution in [-0.2, 0) is 32.0 Å². The molecule has 0 saturated carbocycles. The Morgan fingerprint density at radius 1 is 1.06 bits per heavy atom. The Balaban J connectivity index is 0.00000116. The fourth-order valence-corrected chi connectivity index (χ4v) is 6.57. The van der Waals surface area contributed by atoms with Gasteiger partial charge in [-0.15, -0.1) is 11.3 Å². The maximum atomic E-state index is 13.9. The zero-order chi connectivity index (χ0) is 38.5. The smallest absolute Gasteiger partial charge is 0.480 e. The van der Waals surface area contributed by atoms with E-state index in [1.807, 2.05) is 51.2 Å². The Kier molecular flexibility index (Phi) is 17.0. The van der Waals surface area contributed by atoms with Gasteiger partial charge in [-0.25, -0.2) is 14.6 Å². The first-order chi connectivity index (χ1) is 23.9. The maximum Gasteiger partial charge on any atom is 0.490 e. The van der Waals surface area contributed by atoms with E-state index in [0.29, 0.717) is 12.8 Å². The topological polar surface area (TPSA) is 169 Å². The number of nitrogens with one attached hydrogen (secondary N) is 2. The number of aliphatic carboxylic acids is 2. The van der Waals surface area contributed by atoms with E-state index < -0.39 is 36.1 Å². The average molecular weight is 742 g/mol. The molecular formula is C35H50F3N5O7S. The number of alkyl halides is 3. The number of aryl methyl sites for hydroxylation is 1. The van der Waals surface area contributed by atoms with Gasteiger partial charge in [0.05, 0.1) is 11.0 Å². The molecule has 1 aromatic heterocycles. The Morgan fingerprint density at radius 3 is 2.22 bits per heavy atom. The van der Waals surface area contributed by atoms with Crippen molar-refractivity contribution in [2.24, 2.45) is 11.8 Å². The molecule has 1 aliphatic heterocycles. The van der Waals surface area contributed by atoms with E-state index in [1.54, 1.807) is 17.3 Å². The van der Waals surface area contributed by atoms with Crippen LogP contribution in [0.15, 0.2) is 35.7 Å². The normalized spacial score (nSPS) is 17.3. The van der Waals surface area contributed by atoms with Gasteiger partial charge in [0.25, 0.3) is 5.91 Å². The lowest BCUT2D eigenvalue weighted by atomic mass is 9.93. The molecule has 1 saturated heterocycles. The number of carbonyl (C=O) groups is 5. The molecule has 1 fully saturated rings. The van der Waals surface area contributed by atoms with E-state index >= 15 is 0 Å². The van der Waals surface area contributed by atoms with Gasteiger partial charge in [0.2, 0.25) is 11.8 Å². The molecule has 0 bridgehead atoms. The van der Waals surface area contributed by atoms with Crippen LogP contribution in [-0.4, -0.2) is 106 Å². The van der Waals surface area contributed by atoms with E-state index in [9.17, 15) is 37.5 Å². The highest BCUT2D eigenvalue weighted by Crippen LogP contribution is 2.22. The highest BCUT2D eigenvalue weighted by atomic mass is 32.1. The van der Waals surface area contributed by atoms with E-state index in [-0.39, 0.29) is 47.8 Å². The van der Waals surface area contributed by atoms with Crippen LogP contribution in [0.4, 0.5) is 13.2 Å². The monoisotopic (exact) mass is 741 g/mol. The first-order valence-electron chi connectivity index (χ1n) is 17.0. The van der Waals surface area contributed by atoms with Crippen molar-refractivity contribution in [2.75, 3.05) is 20.6 Å². The van der Waals surface area contributed by atoms with Gasteiger partial charge in [-0.3, -0.25) is 19.3 Å². The molecule has 0 unspecified atom stereocenters. The average Bonchev–Trinajstić information content (AvgIpc) is 3.55. The summed E-state index contributed by atoms with van der Waals surface area (Å²) >= 11 is 1.35. The van der Waals surface area contributed by atoms with Crippen LogP contribution < -0.4 is 10.6 Å². The minimum atomic E-state index is -5.08. The Bertz CT molecular complexity index is 1460. The van der Waals surface area contributed by atoms with Gasteiger partial charge in [0.1, 0.15) is 17.8 Å². The van der Waals surface area contributed by atoms with Crippen LogP contribution in [0.5, 0.6) is 0 Å². The van der Waals surface area contributed by atoms with Crippen LogP contribution in [0.1, 0.15) is 80.9 Å². The van der Waals surface area contributed by atoms with Crippen LogP contribution in [0.3, 0.4) is 0 Å². The zero-order valence-electron chi connectivity index (χ0n) is 29.9. The number of piperidine rings is 1. The van der Waals surface area contributed by atoms with Gasteiger partial charge in [0.15, 0.2) is 0 Å². The maximum absolute atomic E-state index is 13.9. The van der Waals surface area contributed by atoms with E-state index in [1.165, 1.54) is 11.3 Å². The van der Waals surface area contributed by atoms with Crippen molar-refractivity contribution in [3.63, 3.8) is 0 Å². The molecule has 5 atom stereocenters. The number of likely N-dealkylation sites (N-methyl/N-ethyl adjacent to an activating group) is 2. The van der Waals surface area contributed by atoms with Gasteiger partial charge >= 0.3 is 18.1 Å². The van der Waals surface area contributed by atoms with Gasteiger partial charge in [0, 0.05) is 31.3 Å². The SMILES string of the molecule is CC[C@H](C)[C@H](NC(=O)[C@H]1CCCCN1C)C(=O)N(C)[C@H](CCc1nc(C(=O)N[C@@H](Cc2ccccc2)C(=O)O)cs1)C(C)C.O=C(O)C(F)(F)F. The summed E-state index contributed by atoms with van der Waals surface area (Å²) in [4.78, 5) is 69.0. The van der Waals surface area contributed by atoms with Gasteiger partial charge in [-0.2, -0.15) is 13.2 Å². The number of carbonyl (C=O) groups excluding carboxylic acids is 3. The number of benzene rings is 1. The lowest BCUT2D eigenvalue weighted by Gasteiger charge is -2.37. The fraction of sp³-hybridized carbons (Fsp3) is 0.600. The number of aromatic nitrogens is 1. The van der Waals surface area contributed by atoms with Crippen LogP contribution in [0, 0.1) is 11.8 Å². The highest BCUT2D eigenvalue weighted by molar-refractivity contribution is 7.09. The summed E-state index contributed by atoms with van der Waals surface area (Å²) in [7, 11) is 3.77. The lowest BCUT2D eigenvalue weighted by molar-refractivity contribution is -0.192. The first-order valence-corrected chi connectivity index (χ1v) is 17.8. The Morgan fingerprint density at radius 2 is 1.69 bits per heavy atom. The van der Waals surface area contributed by atoms with Crippen molar-refractivity contribution in [2.45, 2.75) is 103 Å². The number of carboxylic acids is 2. The summed E-state index contributed by atoms with van der Waals surface area (Å²) in [6.07, 6.45) is -0.0835. The minimum absolute atomic E-state index is 0.0211. The first kappa shape index (κ1) is 43.1. The molecule has 0 radical (unpaired) electrons. The summed E-state index contributed by atoms with van der Waals surface area (Å²) in [5.74, 6) is -4.44. The number of hydrogen-bond donors (Lipinski definition) is 4. The second-order valence-corrected chi connectivity index (χ2v) is 14.1. The number of carboxylic acid groups (broad SMARTS) is 2. The van der Waals surface area contributed by atoms with Gasteiger partial charge < -0.3 is 25.7 Å². The minimum Gasteiger partial charge on any atom is -0.480 e. The largest absolute Gasteiger partial charge is 0.490 e. The molecule has 1 aromatic carbocycles. The third-order valence-electron chi connectivity index (χ3n) is 9.03. The van der Waals surface area contributed by atoms with E-state index in [2.05, 4.69) is 34.4 Å². The number of halogens is 3. The molecule has 3 rings (SSSR count). The van der Waals surface area contributed by atoms with Crippen molar-refractivity contribution >= 4 is 41.0 Å². The molecule has 0 aliphatic carbocycles. The lowest BCUT2D eigenvalue weighted by Crippen LogP contribution is -2.57. The highest BCUT2D eigenvalue weighted by Gasteiger charge is 2.38. The van der Waals surface area contributed by atoms with E-state index in [0.717, 1.165) is 42.8 Å². The molecule has 2 heterocycles.